The fourth-order valence-electron chi connectivity index (χ4n) is 1.70. The highest BCUT2D eigenvalue weighted by atomic mass is 32.1. The van der Waals surface area contributed by atoms with Crippen LogP contribution >= 0.6 is 11.3 Å². The first-order valence-electron chi connectivity index (χ1n) is 5.73. The Labute approximate surface area is 110 Å². The van der Waals surface area contributed by atoms with Crippen molar-refractivity contribution >= 4 is 17.0 Å². The number of aryl methyl sites for hydroxylation is 1. The van der Waals surface area contributed by atoms with Crippen molar-refractivity contribution in [3.05, 3.63) is 44.5 Å². The molecule has 0 radical (unpaired) electrons. The third kappa shape index (κ3) is 2.56. The zero-order valence-corrected chi connectivity index (χ0v) is 11.3. The molecule has 0 aliphatic carbocycles. The van der Waals surface area contributed by atoms with Gasteiger partial charge in [0.15, 0.2) is 0 Å². The van der Waals surface area contributed by atoms with Crippen LogP contribution in [0.2, 0.25) is 0 Å². The second-order valence-electron chi connectivity index (χ2n) is 4.05. The number of benzene rings is 1. The molecule has 0 amide bonds. The number of anilines is 1. The van der Waals surface area contributed by atoms with Crippen LogP contribution in [0.4, 0.5) is 5.69 Å². The highest BCUT2D eigenvalue weighted by Crippen LogP contribution is 2.19. The van der Waals surface area contributed by atoms with Crippen molar-refractivity contribution in [1.29, 1.82) is 0 Å². The first kappa shape index (κ1) is 12.7. The van der Waals surface area contributed by atoms with Gasteiger partial charge in [-0.05, 0) is 26.0 Å². The minimum absolute atomic E-state index is 0.0645. The largest absolute Gasteiger partial charge is 0.490 e. The van der Waals surface area contributed by atoms with Crippen molar-refractivity contribution in [3.63, 3.8) is 0 Å². The van der Waals surface area contributed by atoms with Gasteiger partial charge in [-0.3, -0.25) is 9.36 Å². The summed E-state index contributed by atoms with van der Waals surface area (Å²) in [5.41, 5.74) is 7.40. The van der Waals surface area contributed by atoms with Crippen LogP contribution in [0, 0.1) is 13.8 Å². The van der Waals surface area contributed by atoms with Gasteiger partial charge < -0.3 is 10.5 Å². The van der Waals surface area contributed by atoms with Crippen LogP contribution in [0.25, 0.3) is 0 Å². The number of ether oxygens (including phenoxy) is 1. The Morgan fingerprint density at radius 2 is 2.06 bits per heavy atom. The van der Waals surface area contributed by atoms with E-state index < -0.39 is 0 Å². The van der Waals surface area contributed by atoms with Crippen LogP contribution in [0.5, 0.6) is 5.75 Å². The molecule has 0 aliphatic rings. The molecule has 0 bridgehead atoms. The standard InChI is InChI=1S/C13H16N2O2S/c1-9-10(2)18-13(16)15(9)7-8-17-12-6-4-3-5-11(12)14/h3-6H,7-8,14H2,1-2H3. The maximum absolute atomic E-state index is 11.7. The predicted octanol–water partition coefficient (Wildman–Crippen LogP) is 2.19. The minimum Gasteiger partial charge on any atom is -0.490 e. The summed E-state index contributed by atoms with van der Waals surface area (Å²) in [5.74, 6) is 0.662. The maximum Gasteiger partial charge on any atom is 0.307 e. The Balaban J connectivity index is 2.01. The zero-order valence-electron chi connectivity index (χ0n) is 10.5. The van der Waals surface area contributed by atoms with E-state index in [-0.39, 0.29) is 4.87 Å². The van der Waals surface area contributed by atoms with E-state index in [2.05, 4.69) is 0 Å². The molecule has 1 aromatic carbocycles. The summed E-state index contributed by atoms with van der Waals surface area (Å²) in [6.45, 7) is 4.88. The molecule has 0 saturated carbocycles. The summed E-state index contributed by atoms with van der Waals surface area (Å²) in [6.07, 6.45) is 0. The number of hydrogen-bond donors (Lipinski definition) is 1. The van der Waals surface area contributed by atoms with E-state index in [1.54, 1.807) is 10.6 Å². The molecular formula is C13H16N2O2S. The average molecular weight is 264 g/mol. The minimum atomic E-state index is 0.0645. The first-order valence-corrected chi connectivity index (χ1v) is 6.55. The number of para-hydroxylation sites is 2. The Morgan fingerprint density at radius 1 is 1.33 bits per heavy atom. The van der Waals surface area contributed by atoms with Gasteiger partial charge >= 0.3 is 4.87 Å². The fraction of sp³-hybridized carbons (Fsp3) is 0.308. The lowest BCUT2D eigenvalue weighted by Crippen LogP contribution is -2.19. The van der Waals surface area contributed by atoms with Gasteiger partial charge in [-0.15, -0.1) is 0 Å². The predicted molar refractivity (Wildman–Crippen MR) is 74.4 cm³/mol. The van der Waals surface area contributed by atoms with Gasteiger partial charge in [-0.1, -0.05) is 23.5 Å². The molecule has 5 heteroatoms. The van der Waals surface area contributed by atoms with E-state index >= 15 is 0 Å². The van der Waals surface area contributed by atoms with Gasteiger partial charge in [0.1, 0.15) is 12.4 Å². The molecule has 0 atom stereocenters. The summed E-state index contributed by atoms with van der Waals surface area (Å²) < 4.78 is 7.32. The maximum atomic E-state index is 11.7. The van der Waals surface area contributed by atoms with Gasteiger partial charge in [0.25, 0.3) is 0 Å². The monoisotopic (exact) mass is 264 g/mol. The molecule has 0 spiro atoms. The van der Waals surface area contributed by atoms with E-state index in [0.29, 0.717) is 24.6 Å². The van der Waals surface area contributed by atoms with Crippen LogP contribution < -0.4 is 15.3 Å². The van der Waals surface area contributed by atoms with E-state index in [1.165, 1.54) is 11.3 Å². The smallest absolute Gasteiger partial charge is 0.307 e. The van der Waals surface area contributed by atoms with Gasteiger partial charge in [0.2, 0.25) is 0 Å². The highest BCUT2D eigenvalue weighted by Gasteiger charge is 2.07. The summed E-state index contributed by atoms with van der Waals surface area (Å²) in [5, 5.41) is 0. The lowest BCUT2D eigenvalue weighted by Gasteiger charge is -2.09. The number of nitrogen functional groups attached to an aromatic ring is 1. The Hall–Kier alpha value is -1.75. The van der Waals surface area contributed by atoms with Gasteiger partial charge in [-0.2, -0.15) is 0 Å². The molecule has 0 saturated heterocycles. The highest BCUT2D eigenvalue weighted by molar-refractivity contribution is 7.09. The fourth-order valence-corrected chi connectivity index (χ4v) is 2.56. The quantitative estimate of drug-likeness (QED) is 0.861. The van der Waals surface area contributed by atoms with Crippen molar-refractivity contribution in [2.45, 2.75) is 20.4 Å². The topological polar surface area (TPSA) is 57.2 Å². The van der Waals surface area contributed by atoms with Gasteiger partial charge in [0.05, 0.1) is 12.2 Å². The lowest BCUT2D eigenvalue weighted by molar-refractivity contribution is 0.297. The molecule has 0 unspecified atom stereocenters. The van der Waals surface area contributed by atoms with Crippen molar-refractivity contribution in [2.75, 3.05) is 12.3 Å². The molecule has 2 N–H and O–H groups in total. The molecule has 1 aromatic heterocycles. The number of nitrogens with two attached hydrogens (primary N) is 1. The van der Waals surface area contributed by atoms with Crippen molar-refractivity contribution < 1.29 is 4.74 Å². The molecular weight excluding hydrogens is 248 g/mol. The summed E-state index contributed by atoms with van der Waals surface area (Å²) >= 11 is 1.27. The number of aromatic nitrogens is 1. The first-order chi connectivity index (χ1) is 8.59. The van der Waals surface area contributed by atoms with E-state index in [4.69, 9.17) is 10.5 Å². The Morgan fingerprint density at radius 3 is 2.67 bits per heavy atom. The van der Waals surface area contributed by atoms with E-state index in [0.717, 1.165) is 10.6 Å². The zero-order chi connectivity index (χ0) is 13.1. The van der Waals surface area contributed by atoms with Crippen molar-refractivity contribution in [1.82, 2.24) is 4.57 Å². The lowest BCUT2D eigenvalue weighted by atomic mass is 10.3. The van der Waals surface area contributed by atoms with Crippen LogP contribution in [0.3, 0.4) is 0 Å². The number of rotatable bonds is 4. The van der Waals surface area contributed by atoms with Gasteiger partial charge in [0, 0.05) is 10.6 Å². The second kappa shape index (κ2) is 5.27. The molecule has 0 aliphatic heterocycles. The van der Waals surface area contributed by atoms with Crippen LogP contribution in [0.1, 0.15) is 10.6 Å². The van der Waals surface area contributed by atoms with E-state index in [1.807, 2.05) is 32.0 Å². The Bertz CT molecular complexity index is 601. The van der Waals surface area contributed by atoms with E-state index in [9.17, 15) is 4.79 Å². The van der Waals surface area contributed by atoms with Crippen molar-refractivity contribution in [2.24, 2.45) is 0 Å². The molecule has 2 aromatic rings. The average Bonchev–Trinajstić information content (AvgIpc) is 2.58. The third-order valence-electron chi connectivity index (χ3n) is 2.87. The molecule has 1 heterocycles. The molecule has 0 fully saturated rings. The van der Waals surface area contributed by atoms with Crippen molar-refractivity contribution in [3.8, 4) is 5.75 Å². The van der Waals surface area contributed by atoms with Crippen LogP contribution in [0.15, 0.2) is 29.1 Å². The number of hydrogen-bond acceptors (Lipinski definition) is 4. The third-order valence-corrected chi connectivity index (χ3v) is 3.86. The summed E-state index contributed by atoms with van der Waals surface area (Å²) in [7, 11) is 0. The summed E-state index contributed by atoms with van der Waals surface area (Å²) in [6, 6.07) is 7.35. The molecule has 96 valence electrons. The number of thiazole rings is 1. The second-order valence-corrected chi connectivity index (χ2v) is 5.21. The Kier molecular flexibility index (Phi) is 3.72. The van der Waals surface area contributed by atoms with Gasteiger partial charge in [-0.25, -0.2) is 0 Å². The van der Waals surface area contributed by atoms with Crippen LogP contribution in [-0.4, -0.2) is 11.2 Å². The summed E-state index contributed by atoms with van der Waals surface area (Å²) in [4.78, 5) is 12.8. The molecule has 2 rings (SSSR count). The molecule has 4 nitrogen and oxygen atoms in total. The SMILES string of the molecule is Cc1sc(=O)n(CCOc2ccccc2N)c1C. The normalized spacial score (nSPS) is 10.6. The van der Waals surface area contributed by atoms with Crippen LogP contribution in [-0.2, 0) is 6.54 Å². The number of nitrogens with zero attached hydrogens (tertiary/aromatic N) is 1. The molecule has 18 heavy (non-hydrogen) atoms.